The lowest BCUT2D eigenvalue weighted by Crippen LogP contribution is -2.20. The van der Waals surface area contributed by atoms with E-state index in [4.69, 9.17) is 4.74 Å². The highest BCUT2D eigenvalue weighted by atomic mass is 19.2. The minimum Gasteiger partial charge on any atom is -0.329 e. The molecule has 0 saturated heterocycles. The van der Waals surface area contributed by atoms with Crippen LogP contribution >= 0.6 is 0 Å². The van der Waals surface area contributed by atoms with Crippen LogP contribution in [0.25, 0.3) is 0 Å². The van der Waals surface area contributed by atoms with Gasteiger partial charge in [-0.1, -0.05) is 0 Å². The van der Waals surface area contributed by atoms with Crippen LogP contribution in [0, 0.1) is 10.1 Å². The number of fused-ring (bicyclic) bond motifs is 1. The van der Waals surface area contributed by atoms with Crippen molar-refractivity contribution in [2.24, 2.45) is 0 Å². The number of ether oxygens (including phenoxy) is 1. The van der Waals surface area contributed by atoms with Crippen molar-refractivity contribution in [2.45, 2.75) is 18.9 Å². The Hall–Kier alpha value is -1.82. The monoisotopic (exact) mass is 225 g/mol. The standard InChI is InChI=1S/C10H8FNO4/c1-6-8-3-2-7(12(14)15)4-9(8)10(11,5-13)16-6/h2-6H,1H3. The zero-order valence-corrected chi connectivity index (χ0v) is 8.34. The lowest BCUT2D eigenvalue weighted by atomic mass is 10.0. The molecule has 0 aromatic heterocycles. The number of benzene rings is 1. The molecule has 5 nitrogen and oxygen atoms in total. The van der Waals surface area contributed by atoms with Crippen LogP contribution in [-0.4, -0.2) is 11.2 Å². The summed E-state index contributed by atoms with van der Waals surface area (Å²) in [7, 11) is 0. The number of nitro groups is 1. The van der Waals surface area contributed by atoms with Crippen molar-refractivity contribution >= 4 is 12.0 Å². The summed E-state index contributed by atoms with van der Waals surface area (Å²) >= 11 is 0. The van der Waals surface area contributed by atoms with Gasteiger partial charge < -0.3 is 4.74 Å². The maximum atomic E-state index is 13.9. The summed E-state index contributed by atoms with van der Waals surface area (Å²) in [6.45, 7) is 1.58. The smallest absolute Gasteiger partial charge is 0.293 e. The number of alkyl halides is 1. The first-order chi connectivity index (χ1) is 7.48. The first-order valence-corrected chi connectivity index (χ1v) is 4.60. The van der Waals surface area contributed by atoms with Crippen molar-refractivity contribution in [1.82, 2.24) is 0 Å². The fourth-order valence-electron chi connectivity index (χ4n) is 1.78. The van der Waals surface area contributed by atoms with E-state index in [0.717, 1.165) is 6.07 Å². The molecule has 1 aliphatic rings. The molecule has 1 heterocycles. The third-order valence-corrected chi connectivity index (χ3v) is 2.55. The van der Waals surface area contributed by atoms with E-state index in [2.05, 4.69) is 0 Å². The highest BCUT2D eigenvalue weighted by molar-refractivity contribution is 5.67. The zero-order valence-electron chi connectivity index (χ0n) is 8.34. The Kier molecular flexibility index (Phi) is 2.23. The molecule has 6 heteroatoms. The molecule has 2 atom stereocenters. The van der Waals surface area contributed by atoms with Crippen molar-refractivity contribution in [1.29, 1.82) is 0 Å². The van der Waals surface area contributed by atoms with Crippen molar-refractivity contribution in [2.75, 3.05) is 0 Å². The molecule has 1 aromatic rings. The van der Waals surface area contributed by atoms with E-state index in [1.807, 2.05) is 0 Å². The minimum absolute atomic E-state index is 0.0130. The largest absolute Gasteiger partial charge is 0.329 e. The van der Waals surface area contributed by atoms with Crippen molar-refractivity contribution in [3.63, 3.8) is 0 Å². The maximum Gasteiger partial charge on any atom is 0.293 e. The van der Waals surface area contributed by atoms with Gasteiger partial charge in [0.1, 0.15) is 0 Å². The predicted octanol–water partition coefficient (Wildman–Crippen LogP) is 2.01. The van der Waals surface area contributed by atoms with Crippen LogP contribution in [0.15, 0.2) is 18.2 Å². The normalized spacial score (nSPS) is 27.5. The SMILES string of the molecule is CC1OC(F)(C=O)c2cc([N+](=O)[O-])ccc21. The molecule has 0 saturated carbocycles. The average molecular weight is 225 g/mol. The second-order valence-corrected chi connectivity index (χ2v) is 3.55. The van der Waals surface area contributed by atoms with Crippen LogP contribution < -0.4 is 0 Å². The quantitative estimate of drug-likeness (QED) is 0.438. The predicted molar refractivity (Wildman–Crippen MR) is 51.4 cm³/mol. The molecule has 84 valence electrons. The highest BCUT2D eigenvalue weighted by Crippen LogP contribution is 2.44. The van der Waals surface area contributed by atoms with Crippen LogP contribution in [0.2, 0.25) is 0 Å². The Bertz CT molecular complexity index is 476. The van der Waals surface area contributed by atoms with Gasteiger partial charge in [0, 0.05) is 17.7 Å². The van der Waals surface area contributed by atoms with Gasteiger partial charge in [0.05, 0.1) is 11.0 Å². The summed E-state index contributed by atoms with van der Waals surface area (Å²) in [4.78, 5) is 20.5. The fourth-order valence-corrected chi connectivity index (χ4v) is 1.78. The van der Waals surface area contributed by atoms with Gasteiger partial charge in [-0.15, -0.1) is 0 Å². The van der Waals surface area contributed by atoms with Gasteiger partial charge in [0.25, 0.3) is 11.5 Å². The van der Waals surface area contributed by atoms with E-state index in [9.17, 15) is 19.3 Å². The molecule has 1 aliphatic heterocycles. The van der Waals surface area contributed by atoms with Crippen LogP contribution in [0.1, 0.15) is 24.2 Å². The van der Waals surface area contributed by atoms with Gasteiger partial charge in [0.2, 0.25) is 0 Å². The molecule has 0 N–H and O–H groups in total. The third-order valence-electron chi connectivity index (χ3n) is 2.55. The molecule has 0 fully saturated rings. The average Bonchev–Trinajstić information content (AvgIpc) is 2.52. The number of nitro benzene ring substituents is 1. The summed E-state index contributed by atoms with van der Waals surface area (Å²) in [6, 6.07) is 3.70. The topological polar surface area (TPSA) is 69.4 Å². The van der Waals surface area contributed by atoms with E-state index in [-0.39, 0.29) is 17.5 Å². The van der Waals surface area contributed by atoms with Gasteiger partial charge >= 0.3 is 0 Å². The molecule has 2 rings (SSSR count). The fraction of sp³-hybridized carbons (Fsp3) is 0.300. The number of nitrogens with zero attached hydrogens (tertiary/aromatic N) is 1. The Morgan fingerprint density at radius 2 is 2.31 bits per heavy atom. The van der Waals surface area contributed by atoms with Gasteiger partial charge in [-0.25, -0.2) is 0 Å². The number of halogens is 1. The van der Waals surface area contributed by atoms with Crippen LogP contribution in [0.4, 0.5) is 10.1 Å². The number of non-ortho nitro benzene ring substituents is 1. The molecule has 0 aliphatic carbocycles. The van der Waals surface area contributed by atoms with Crippen LogP contribution in [-0.2, 0) is 15.4 Å². The molecular weight excluding hydrogens is 217 g/mol. The molecule has 0 amide bonds. The molecule has 1 aromatic carbocycles. The molecule has 0 spiro atoms. The van der Waals surface area contributed by atoms with Crippen molar-refractivity contribution in [3.8, 4) is 0 Å². The van der Waals surface area contributed by atoms with Gasteiger partial charge in [-0.2, -0.15) is 4.39 Å². The summed E-state index contributed by atoms with van der Waals surface area (Å²) < 4.78 is 18.8. The van der Waals surface area contributed by atoms with Gasteiger partial charge in [-0.3, -0.25) is 14.9 Å². The summed E-state index contributed by atoms with van der Waals surface area (Å²) in [6.07, 6.45) is -0.579. The number of carbonyl (C=O) groups is 1. The van der Waals surface area contributed by atoms with Crippen molar-refractivity contribution < 1.29 is 18.8 Å². The summed E-state index contributed by atoms with van der Waals surface area (Å²) in [5, 5.41) is 10.5. The first kappa shape index (κ1) is 10.7. The number of aldehydes is 1. The molecule has 2 unspecified atom stereocenters. The highest BCUT2D eigenvalue weighted by Gasteiger charge is 2.45. The number of rotatable bonds is 2. The minimum atomic E-state index is -2.57. The van der Waals surface area contributed by atoms with E-state index >= 15 is 0 Å². The summed E-state index contributed by atoms with van der Waals surface area (Å²) in [5.41, 5.74) is 0.115. The molecule has 16 heavy (non-hydrogen) atoms. The van der Waals surface area contributed by atoms with E-state index in [0.29, 0.717) is 5.56 Å². The number of carbonyl (C=O) groups excluding carboxylic acids is 1. The Morgan fingerprint density at radius 1 is 1.62 bits per heavy atom. The van der Waals surface area contributed by atoms with Gasteiger partial charge in [0.15, 0.2) is 6.29 Å². The van der Waals surface area contributed by atoms with Crippen molar-refractivity contribution in [3.05, 3.63) is 39.4 Å². The molecular formula is C10H8FNO4. The van der Waals surface area contributed by atoms with E-state index < -0.39 is 16.9 Å². The zero-order chi connectivity index (χ0) is 11.9. The van der Waals surface area contributed by atoms with Crippen LogP contribution in [0.5, 0.6) is 0 Å². The maximum absolute atomic E-state index is 13.9. The Balaban J connectivity index is 2.60. The number of hydrogen-bond donors (Lipinski definition) is 0. The van der Waals surface area contributed by atoms with E-state index in [1.54, 1.807) is 6.92 Å². The Morgan fingerprint density at radius 3 is 2.88 bits per heavy atom. The number of hydrogen-bond acceptors (Lipinski definition) is 4. The van der Waals surface area contributed by atoms with Crippen LogP contribution in [0.3, 0.4) is 0 Å². The lowest BCUT2D eigenvalue weighted by molar-refractivity contribution is -0.385. The third kappa shape index (κ3) is 1.38. The molecule has 0 bridgehead atoms. The van der Waals surface area contributed by atoms with E-state index in [1.165, 1.54) is 12.1 Å². The Labute approximate surface area is 90.0 Å². The molecule has 0 radical (unpaired) electrons. The summed E-state index contributed by atoms with van der Waals surface area (Å²) in [5.74, 6) is -2.57. The first-order valence-electron chi connectivity index (χ1n) is 4.60. The lowest BCUT2D eigenvalue weighted by Gasteiger charge is -2.12. The second-order valence-electron chi connectivity index (χ2n) is 3.55. The second kappa shape index (κ2) is 3.34. The van der Waals surface area contributed by atoms with Gasteiger partial charge in [-0.05, 0) is 18.6 Å².